The number of nitrogens with one attached hydrogen (secondary N) is 1. The molecule has 0 spiro atoms. The van der Waals surface area contributed by atoms with Crippen molar-refractivity contribution in [2.45, 2.75) is 13.0 Å². The van der Waals surface area contributed by atoms with Crippen molar-refractivity contribution in [3.8, 4) is 0 Å². The first-order valence-corrected chi connectivity index (χ1v) is 7.42. The number of hydrogen-bond donors (Lipinski definition) is 1. The number of halogens is 2. The summed E-state index contributed by atoms with van der Waals surface area (Å²) in [4.78, 5) is 12.0. The van der Waals surface area contributed by atoms with Crippen molar-refractivity contribution in [2.24, 2.45) is 0 Å². The van der Waals surface area contributed by atoms with Crippen LogP contribution in [0.1, 0.15) is 28.9 Å². The fourth-order valence-electron chi connectivity index (χ4n) is 1.61. The molecule has 18 heavy (non-hydrogen) atoms. The van der Waals surface area contributed by atoms with Gasteiger partial charge in [0.25, 0.3) is 5.91 Å². The third-order valence-corrected chi connectivity index (χ3v) is 4.40. The topological polar surface area (TPSA) is 29.1 Å². The van der Waals surface area contributed by atoms with E-state index >= 15 is 0 Å². The smallest absolute Gasteiger partial charge is 0.252 e. The molecule has 0 fully saturated rings. The highest BCUT2D eigenvalue weighted by molar-refractivity contribution is 9.11. The maximum atomic E-state index is 12.0. The molecule has 0 aliphatic rings. The lowest BCUT2D eigenvalue weighted by atomic mass is 10.1. The summed E-state index contributed by atoms with van der Waals surface area (Å²) in [6.07, 6.45) is 0. The Balaban J connectivity index is 2.10. The number of amides is 1. The summed E-state index contributed by atoms with van der Waals surface area (Å²) in [6, 6.07) is 9.20. The minimum atomic E-state index is -0.120. The average Bonchev–Trinajstić information content (AvgIpc) is 2.76. The van der Waals surface area contributed by atoms with Gasteiger partial charge in [-0.15, -0.1) is 11.3 Å². The highest BCUT2D eigenvalue weighted by atomic mass is 79.9. The fourth-order valence-corrected chi connectivity index (χ4v) is 3.05. The standard InChI is InChI=1S/C13H11BrClNOS/c1-8(10-4-2-3-5-11(10)15)16-13(17)9-6-12(14)18-7-9/h2-8H,1H3,(H,16,17). The number of carbonyl (C=O) groups is 1. The van der Waals surface area contributed by atoms with Crippen molar-refractivity contribution in [1.82, 2.24) is 5.32 Å². The maximum Gasteiger partial charge on any atom is 0.252 e. The van der Waals surface area contributed by atoms with Crippen LogP contribution in [-0.4, -0.2) is 5.91 Å². The van der Waals surface area contributed by atoms with E-state index in [1.807, 2.05) is 36.6 Å². The second kappa shape index (κ2) is 5.87. The number of thiophene rings is 1. The van der Waals surface area contributed by atoms with Gasteiger partial charge in [-0.05, 0) is 40.5 Å². The Morgan fingerprint density at radius 1 is 1.44 bits per heavy atom. The molecule has 0 saturated heterocycles. The molecule has 0 bridgehead atoms. The Hall–Kier alpha value is -0.840. The van der Waals surface area contributed by atoms with Crippen molar-refractivity contribution in [1.29, 1.82) is 0 Å². The third kappa shape index (κ3) is 3.13. The van der Waals surface area contributed by atoms with Crippen LogP contribution in [0.15, 0.2) is 39.5 Å². The quantitative estimate of drug-likeness (QED) is 0.862. The van der Waals surface area contributed by atoms with Gasteiger partial charge in [0.05, 0.1) is 15.4 Å². The van der Waals surface area contributed by atoms with Crippen molar-refractivity contribution in [3.05, 3.63) is 55.6 Å². The minimum Gasteiger partial charge on any atom is -0.345 e. The average molecular weight is 345 g/mol. The summed E-state index contributed by atoms with van der Waals surface area (Å²) in [5.74, 6) is -0.0932. The molecule has 5 heteroatoms. The van der Waals surface area contributed by atoms with Gasteiger partial charge < -0.3 is 5.32 Å². The first-order chi connectivity index (χ1) is 8.58. The zero-order chi connectivity index (χ0) is 13.1. The summed E-state index contributed by atoms with van der Waals surface area (Å²) < 4.78 is 0.943. The van der Waals surface area contributed by atoms with Crippen molar-refractivity contribution in [2.75, 3.05) is 0 Å². The van der Waals surface area contributed by atoms with E-state index in [2.05, 4.69) is 21.2 Å². The lowest BCUT2D eigenvalue weighted by molar-refractivity contribution is 0.0940. The van der Waals surface area contributed by atoms with E-state index in [-0.39, 0.29) is 11.9 Å². The number of rotatable bonds is 3. The van der Waals surface area contributed by atoms with Crippen molar-refractivity contribution < 1.29 is 4.79 Å². The molecule has 94 valence electrons. The molecule has 1 amide bonds. The van der Waals surface area contributed by atoms with Crippen LogP contribution >= 0.6 is 38.9 Å². The van der Waals surface area contributed by atoms with Gasteiger partial charge >= 0.3 is 0 Å². The number of benzene rings is 1. The Kier molecular flexibility index (Phi) is 4.43. The Morgan fingerprint density at radius 3 is 2.78 bits per heavy atom. The van der Waals surface area contributed by atoms with E-state index in [0.29, 0.717) is 10.6 Å². The van der Waals surface area contributed by atoms with Crippen LogP contribution in [0.5, 0.6) is 0 Å². The SMILES string of the molecule is CC(NC(=O)c1csc(Br)c1)c1ccccc1Cl. The van der Waals surface area contributed by atoms with Crippen LogP contribution in [0.25, 0.3) is 0 Å². The van der Waals surface area contributed by atoms with Crippen LogP contribution < -0.4 is 5.32 Å². The largest absolute Gasteiger partial charge is 0.345 e. The lowest BCUT2D eigenvalue weighted by Crippen LogP contribution is -2.26. The molecule has 1 atom stereocenters. The summed E-state index contributed by atoms with van der Waals surface area (Å²) >= 11 is 10.9. The zero-order valence-corrected chi connectivity index (χ0v) is 12.8. The van der Waals surface area contributed by atoms with Gasteiger partial charge in [-0.2, -0.15) is 0 Å². The molecule has 1 N–H and O–H groups in total. The van der Waals surface area contributed by atoms with Crippen LogP contribution in [-0.2, 0) is 0 Å². The molecule has 0 saturated carbocycles. The fraction of sp³-hybridized carbons (Fsp3) is 0.154. The molecule has 2 nitrogen and oxygen atoms in total. The maximum absolute atomic E-state index is 12.0. The first-order valence-electron chi connectivity index (χ1n) is 5.37. The van der Waals surface area contributed by atoms with Gasteiger partial charge in [0.15, 0.2) is 0 Å². The van der Waals surface area contributed by atoms with Gasteiger partial charge in [0, 0.05) is 10.4 Å². The van der Waals surface area contributed by atoms with Gasteiger partial charge in [-0.3, -0.25) is 4.79 Å². The highest BCUT2D eigenvalue weighted by Gasteiger charge is 2.14. The van der Waals surface area contributed by atoms with Crippen molar-refractivity contribution >= 4 is 44.8 Å². The molecule has 0 aliphatic heterocycles. The predicted octanol–water partition coefficient (Wildman–Crippen LogP) is 4.66. The summed E-state index contributed by atoms with van der Waals surface area (Å²) in [7, 11) is 0. The molecule has 0 aliphatic carbocycles. The molecule has 0 radical (unpaired) electrons. The van der Waals surface area contributed by atoms with E-state index in [1.54, 1.807) is 6.07 Å². The van der Waals surface area contributed by atoms with Crippen LogP contribution in [0.2, 0.25) is 5.02 Å². The summed E-state index contributed by atoms with van der Waals surface area (Å²) in [5, 5.41) is 5.41. The summed E-state index contributed by atoms with van der Waals surface area (Å²) in [6.45, 7) is 1.92. The molecule has 1 aromatic heterocycles. The Labute approximate surface area is 123 Å². The molecule has 2 rings (SSSR count). The zero-order valence-electron chi connectivity index (χ0n) is 9.61. The van der Waals surface area contributed by atoms with E-state index in [1.165, 1.54) is 11.3 Å². The van der Waals surface area contributed by atoms with Crippen molar-refractivity contribution in [3.63, 3.8) is 0 Å². The van der Waals surface area contributed by atoms with Crippen LogP contribution in [0.3, 0.4) is 0 Å². The first kappa shape index (κ1) is 13.6. The van der Waals surface area contributed by atoms with Gasteiger partial charge in [-0.25, -0.2) is 0 Å². The highest BCUT2D eigenvalue weighted by Crippen LogP contribution is 2.24. The van der Waals surface area contributed by atoms with Gasteiger partial charge in [-0.1, -0.05) is 29.8 Å². The van der Waals surface area contributed by atoms with E-state index in [4.69, 9.17) is 11.6 Å². The molecular weight excluding hydrogens is 334 g/mol. The summed E-state index contributed by atoms with van der Waals surface area (Å²) in [5.41, 5.74) is 1.58. The number of hydrogen-bond acceptors (Lipinski definition) is 2. The molecular formula is C13H11BrClNOS. The predicted molar refractivity (Wildman–Crippen MR) is 79.4 cm³/mol. The molecule has 1 unspecified atom stereocenters. The minimum absolute atomic E-state index is 0.0932. The molecule has 1 heterocycles. The number of carbonyl (C=O) groups excluding carboxylic acids is 1. The second-order valence-electron chi connectivity index (χ2n) is 3.86. The lowest BCUT2D eigenvalue weighted by Gasteiger charge is -2.15. The van der Waals surface area contributed by atoms with Gasteiger partial charge in [0.2, 0.25) is 0 Å². The normalized spacial score (nSPS) is 12.2. The van der Waals surface area contributed by atoms with E-state index in [0.717, 1.165) is 9.35 Å². The van der Waals surface area contributed by atoms with Crippen LogP contribution in [0.4, 0.5) is 0 Å². The second-order valence-corrected chi connectivity index (χ2v) is 6.55. The monoisotopic (exact) mass is 343 g/mol. The third-order valence-electron chi connectivity index (χ3n) is 2.55. The molecule has 1 aromatic carbocycles. The Bertz CT molecular complexity index is 570. The van der Waals surface area contributed by atoms with Gasteiger partial charge in [0.1, 0.15) is 0 Å². The van der Waals surface area contributed by atoms with E-state index < -0.39 is 0 Å². The molecule has 2 aromatic rings. The van der Waals surface area contributed by atoms with Crippen LogP contribution in [0, 0.1) is 0 Å². The Morgan fingerprint density at radius 2 is 2.17 bits per heavy atom. The van der Waals surface area contributed by atoms with E-state index in [9.17, 15) is 4.79 Å².